The largest absolute Gasteiger partial charge is 0.383 e. The Bertz CT molecular complexity index is 474. The Kier molecular flexibility index (Phi) is 4.63. The molecule has 0 aromatic carbocycles. The fraction of sp³-hybridized carbons (Fsp3) is 0.500. The molecule has 6 nitrogen and oxygen atoms in total. The Balaban J connectivity index is 2.85. The van der Waals surface area contributed by atoms with Crippen molar-refractivity contribution >= 4 is 11.6 Å². The van der Waals surface area contributed by atoms with Crippen LogP contribution in [0.2, 0.25) is 0 Å². The van der Waals surface area contributed by atoms with E-state index in [0.29, 0.717) is 18.8 Å². The number of rotatable bonds is 5. The van der Waals surface area contributed by atoms with E-state index in [1.807, 2.05) is 0 Å². The Hall–Kier alpha value is -1.66. The number of nitrogens with two attached hydrogens (primary N) is 1. The number of ether oxygens (including phenoxy) is 1. The van der Waals surface area contributed by atoms with Crippen LogP contribution in [0.3, 0.4) is 0 Å². The Morgan fingerprint density at radius 2 is 2.17 bits per heavy atom. The van der Waals surface area contributed by atoms with Gasteiger partial charge in [-0.25, -0.2) is 0 Å². The van der Waals surface area contributed by atoms with E-state index in [1.165, 1.54) is 10.6 Å². The summed E-state index contributed by atoms with van der Waals surface area (Å²) in [5, 5.41) is 2.66. The maximum Gasteiger partial charge on any atom is 0.250 e. The van der Waals surface area contributed by atoms with Crippen LogP contribution in [0, 0.1) is 0 Å². The fourth-order valence-electron chi connectivity index (χ4n) is 1.26. The molecule has 1 heterocycles. The maximum atomic E-state index is 11.7. The lowest BCUT2D eigenvalue weighted by molar-refractivity contribution is -0.120. The molecule has 0 radical (unpaired) electrons. The number of carbonyl (C=O) groups excluding carboxylic acids is 1. The van der Waals surface area contributed by atoms with Gasteiger partial charge >= 0.3 is 0 Å². The van der Waals surface area contributed by atoms with Crippen LogP contribution in [-0.4, -0.2) is 29.7 Å². The van der Waals surface area contributed by atoms with E-state index in [0.717, 1.165) is 0 Å². The van der Waals surface area contributed by atoms with Gasteiger partial charge in [0.05, 0.1) is 17.8 Å². The van der Waals surface area contributed by atoms with Crippen LogP contribution in [0.4, 0.5) is 5.69 Å². The first-order valence-electron chi connectivity index (χ1n) is 5.64. The number of aromatic nitrogens is 1. The van der Waals surface area contributed by atoms with E-state index < -0.39 is 5.54 Å². The van der Waals surface area contributed by atoms with E-state index in [9.17, 15) is 9.59 Å². The van der Waals surface area contributed by atoms with E-state index in [-0.39, 0.29) is 11.5 Å². The molecular weight excluding hydrogens is 234 g/mol. The molecule has 3 N–H and O–H groups in total. The second-order valence-corrected chi connectivity index (χ2v) is 4.62. The summed E-state index contributed by atoms with van der Waals surface area (Å²) in [5.41, 5.74) is 5.10. The number of amides is 1. The smallest absolute Gasteiger partial charge is 0.250 e. The number of nitrogens with zero attached hydrogens (tertiary/aromatic N) is 1. The third kappa shape index (κ3) is 3.97. The molecule has 1 rings (SSSR count). The molecule has 0 bridgehead atoms. The van der Waals surface area contributed by atoms with Crippen molar-refractivity contribution in [2.75, 3.05) is 19.0 Å². The maximum absolute atomic E-state index is 11.7. The average molecular weight is 253 g/mol. The predicted molar refractivity (Wildman–Crippen MR) is 69.5 cm³/mol. The molecule has 0 fully saturated rings. The number of methoxy groups -OCH3 is 1. The zero-order valence-electron chi connectivity index (χ0n) is 10.9. The first-order valence-corrected chi connectivity index (χ1v) is 5.64. The van der Waals surface area contributed by atoms with Gasteiger partial charge in [-0.3, -0.25) is 9.59 Å². The van der Waals surface area contributed by atoms with Crippen molar-refractivity contribution in [3.8, 4) is 0 Å². The monoisotopic (exact) mass is 253 g/mol. The first kappa shape index (κ1) is 14.4. The SMILES string of the molecule is COCCn1cc(NC(=O)C(C)(C)N)ccc1=O. The van der Waals surface area contributed by atoms with Crippen LogP contribution >= 0.6 is 0 Å². The molecule has 18 heavy (non-hydrogen) atoms. The third-order valence-corrected chi connectivity index (χ3v) is 2.36. The van der Waals surface area contributed by atoms with Crippen LogP contribution in [-0.2, 0) is 16.1 Å². The minimum Gasteiger partial charge on any atom is -0.383 e. The molecule has 1 amide bonds. The second-order valence-electron chi connectivity index (χ2n) is 4.62. The summed E-state index contributed by atoms with van der Waals surface area (Å²) >= 11 is 0. The zero-order chi connectivity index (χ0) is 13.8. The van der Waals surface area contributed by atoms with Crippen molar-refractivity contribution in [3.05, 3.63) is 28.7 Å². The van der Waals surface area contributed by atoms with Crippen molar-refractivity contribution in [2.45, 2.75) is 25.9 Å². The standard InChI is InChI=1S/C12H19N3O3/c1-12(2,13)11(17)14-9-4-5-10(16)15(8-9)6-7-18-3/h4-5,8H,6-7,13H2,1-3H3,(H,14,17). The number of hydrogen-bond donors (Lipinski definition) is 2. The van der Waals surface area contributed by atoms with Crippen LogP contribution < -0.4 is 16.6 Å². The number of pyridine rings is 1. The molecule has 0 spiro atoms. The highest BCUT2D eigenvalue weighted by molar-refractivity contribution is 5.97. The molecular formula is C12H19N3O3. The summed E-state index contributed by atoms with van der Waals surface area (Å²) < 4.78 is 6.38. The van der Waals surface area contributed by atoms with Gasteiger partial charge in [-0.15, -0.1) is 0 Å². The highest BCUT2D eigenvalue weighted by atomic mass is 16.5. The van der Waals surface area contributed by atoms with Gasteiger partial charge < -0.3 is 20.4 Å². The van der Waals surface area contributed by atoms with Crippen LogP contribution in [0.25, 0.3) is 0 Å². The van der Waals surface area contributed by atoms with E-state index in [1.54, 1.807) is 33.2 Å². The minimum atomic E-state index is -0.965. The molecule has 0 aliphatic heterocycles. The fourth-order valence-corrected chi connectivity index (χ4v) is 1.26. The Labute approximate surface area is 106 Å². The lowest BCUT2D eigenvalue weighted by Crippen LogP contribution is -2.45. The molecule has 0 unspecified atom stereocenters. The van der Waals surface area contributed by atoms with Gasteiger partial charge in [0.1, 0.15) is 0 Å². The quantitative estimate of drug-likeness (QED) is 0.783. The first-order chi connectivity index (χ1) is 8.34. The Morgan fingerprint density at radius 1 is 1.50 bits per heavy atom. The van der Waals surface area contributed by atoms with E-state index in [2.05, 4.69) is 5.32 Å². The van der Waals surface area contributed by atoms with Gasteiger partial charge in [0, 0.05) is 25.9 Å². The summed E-state index contributed by atoms with van der Waals surface area (Å²) in [6, 6.07) is 2.95. The van der Waals surface area contributed by atoms with Crippen molar-refractivity contribution in [1.29, 1.82) is 0 Å². The summed E-state index contributed by atoms with van der Waals surface area (Å²) in [5.74, 6) is -0.306. The topological polar surface area (TPSA) is 86.3 Å². The van der Waals surface area contributed by atoms with Gasteiger partial charge in [-0.2, -0.15) is 0 Å². The van der Waals surface area contributed by atoms with Crippen LogP contribution in [0.15, 0.2) is 23.1 Å². The molecule has 0 aliphatic rings. The van der Waals surface area contributed by atoms with Crippen molar-refractivity contribution < 1.29 is 9.53 Å². The zero-order valence-corrected chi connectivity index (χ0v) is 10.9. The Morgan fingerprint density at radius 3 is 2.72 bits per heavy atom. The molecule has 0 atom stereocenters. The van der Waals surface area contributed by atoms with Crippen molar-refractivity contribution in [1.82, 2.24) is 4.57 Å². The summed E-state index contributed by atoms with van der Waals surface area (Å²) in [6.45, 7) is 4.09. The van der Waals surface area contributed by atoms with Gasteiger partial charge in [0.15, 0.2) is 0 Å². The van der Waals surface area contributed by atoms with E-state index >= 15 is 0 Å². The number of hydrogen-bond acceptors (Lipinski definition) is 4. The lowest BCUT2D eigenvalue weighted by Gasteiger charge is -2.18. The minimum absolute atomic E-state index is 0.142. The predicted octanol–water partition coefficient (Wildman–Crippen LogP) is 0.170. The molecule has 0 saturated heterocycles. The van der Waals surface area contributed by atoms with Crippen LogP contribution in [0.1, 0.15) is 13.8 Å². The highest BCUT2D eigenvalue weighted by Gasteiger charge is 2.21. The van der Waals surface area contributed by atoms with Gasteiger partial charge in [-0.1, -0.05) is 0 Å². The summed E-state index contributed by atoms with van der Waals surface area (Å²) in [7, 11) is 1.56. The summed E-state index contributed by atoms with van der Waals surface area (Å²) in [4.78, 5) is 23.2. The molecule has 6 heteroatoms. The van der Waals surface area contributed by atoms with Crippen molar-refractivity contribution in [2.24, 2.45) is 5.73 Å². The lowest BCUT2D eigenvalue weighted by atomic mass is 10.1. The van der Waals surface area contributed by atoms with Crippen LogP contribution in [0.5, 0.6) is 0 Å². The third-order valence-electron chi connectivity index (χ3n) is 2.36. The molecule has 0 aliphatic carbocycles. The number of carbonyl (C=O) groups is 1. The number of anilines is 1. The van der Waals surface area contributed by atoms with Gasteiger partial charge in [0.2, 0.25) is 5.91 Å². The molecule has 1 aromatic rings. The van der Waals surface area contributed by atoms with Crippen molar-refractivity contribution in [3.63, 3.8) is 0 Å². The second kappa shape index (κ2) is 5.79. The normalized spacial score (nSPS) is 11.3. The van der Waals surface area contributed by atoms with E-state index in [4.69, 9.17) is 10.5 Å². The number of nitrogens with one attached hydrogen (secondary N) is 1. The summed E-state index contributed by atoms with van der Waals surface area (Å²) in [6.07, 6.45) is 1.57. The highest BCUT2D eigenvalue weighted by Crippen LogP contribution is 2.07. The van der Waals surface area contributed by atoms with Gasteiger partial charge in [-0.05, 0) is 19.9 Å². The molecule has 1 aromatic heterocycles. The van der Waals surface area contributed by atoms with Gasteiger partial charge in [0.25, 0.3) is 5.56 Å². The molecule has 0 saturated carbocycles. The molecule has 100 valence electrons. The average Bonchev–Trinajstić information content (AvgIpc) is 2.28.